The van der Waals surface area contributed by atoms with Crippen molar-refractivity contribution < 1.29 is 4.74 Å². The summed E-state index contributed by atoms with van der Waals surface area (Å²) >= 11 is 0. The lowest BCUT2D eigenvalue weighted by atomic mass is 10.2. The number of para-hydroxylation sites is 1. The third kappa shape index (κ3) is 3.88. The molecule has 0 aliphatic carbocycles. The van der Waals surface area contributed by atoms with Crippen LogP contribution in [0.15, 0.2) is 55.0 Å². The number of aromatic nitrogens is 5. The molecule has 1 aliphatic rings. The Hall–Kier alpha value is -3.69. The molecule has 0 spiro atoms. The standard InChI is InChI=1S/C21H20N8O/c22-21-25-9-14(10-26-21)17-8-19(29-20(28-17)18-12-23-5-6-30-18)27-15-7-13-3-1-2-4-16(13)24-11-15/h1-4,7-11,18,23H,5-6,12H2,(H2,22,25,26)(H,27,28,29). The van der Waals surface area contributed by atoms with Gasteiger partial charge in [0.2, 0.25) is 5.95 Å². The van der Waals surface area contributed by atoms with Gasteiger partial charge in [-0.05, 0) is 12.1 Å². The molecule has 4 N–H and O–H groups in total. The molecule has 0 radical (unpaired) electrons. The van der Waals surface area contributed by atoms with E-state index in [2.05, 4.69) is 25.6 Å². The molecule has 5 rings (SSSR count). The van der Waals surface area contributed by atoms with Gasteiger partial charge >= 0.3 is 0 Å². The summed E-state index contributed by atoms with van der Waals surface area (Å²) in [6.45, 7) is 2.08. The Bertz CT molecular complexity index is 1180. The van der Waals surface area contributed by atoms with E-state index in [9.17, 15) is 0 Å². The third-order valence-electron chi connectivity index (χ3n) is 4.79. The summed E-state index contributed by atoms with van der Waals surface area (Å²) in [7, 11) is 0. The lowest BCUT2D eigenvalue weighted by Crippen LogP contribution is -2.34. The van der Waals surface area contributed by atoms with Crippen LogP contribution in [-0.4, -0.2) is 44.6 Å². The Kier molecular flexibility index (Phi) is 4.88. The summed E-state index contributed by atoms with van der Waals surface area (Å²) in [4.78, 5) is 22.1. The first kappa shape index (κ1) is 18.3. The molecule has 1 atom stereocenters. The molecule has 30 heavy (non-hydrogen) atoms. The van der Waals surface area contributed by atoms with Crippen LogP contribution in [-0.2, 0) is 4.74 Å². The van der Waals surface area contributed by atoms with Gasteiger partial charge in [-0.2, -0.15) is 0 Å². The van der Waals surface area contributed by atoms with Crippen LogP contribution < -0.4 is 16.4 Å². The van der Waals surface area contributed by atoms with Crippen LogP contribution in [0.25, 0.3) is 22.2 Å². The zero-order valence-electron chi connectivity index (χ0n) is 16.1. The second kappa shape index (κ2) is 7.97. The van der Waals surface area contributed by atoms with Gasteiger partial charge in [0.15, 0.2) is 5.82 Å². The predicted octanol–water partition coefficient (Wildman–Crippen LogP) is 2.47. The van der Waals surface area contributed by atoms with Crippen LogP contribution in [0.5, 0.6) is 0 Å². The molecule has 0 amide bonds. The van der Waals surface area contributed by atoms with Gasteiger partial charge in [0.05, 0.1) is 29.7 Å². The molecule has 1 aromatic carbocycles. The van der Waals surface area contributed by atoms with Gasteiger partial charge in [0.1, 0.15) is 11.9 Å². The number of nitrogens with two attached hydrogens (primary N) is 1. The average Bonchev–Trinajstić information content (AvgIpc) is 2.80. The van der Waals surface area contributed by atoms with Crippen molar-refractivity contribution in [2.45, 2.75) is 6.10 Å². The second-order valence-corrected chi connectivity index (χ2v) is 6.93. The van der Waals surface area contributed by atoms with E-state index < -0.39 is 0 Å². The first-order valence-corrected chi connectivity index (χ1v) is 9.66. The molecular formula is C21H20N8O. The van der Waals surface area contributed by atoms with Crippen molar-refractivity contribution in [2.75, 3.05) is 30.7 Å². The molecular weight excluding hydrogens is 380 g/mol. The number of nitrogens with one attached hydrogen (secondary N) is 2. The normalized spacial score (nSPS) is 16.5. The molecule has 9 nitrogen and oxygen atoms in total. The fraction of sp³-hybridized carbons (Fsp3) is 0.190. The number of hydrogen-bond acceptors (Lipinski definition) is 9. The summed E-state index contributed by atoms with van der Waals surface area (Å²) in [5.74, 6) is 1.44. The Labute approximate surface area is 172 Å². The molecule has 3 aromatic heterocycles. The molecule has 4 heterocycles. The van der Waals surface area contributed by atoms with E-state index in [1.165, 1.54) is 0 Å². The molecule has 0 saturated carbocycles. The Morgan fingerprint density at radius 3 is 2.73 bits per heavy atom. The topological polar surface area (TPSA) is 124 Å². The highest BCUT2D eigenvalue weighted by molar-refractivity contribution is 5.82. The van der Waals surface area contributed by atoms with E-state index in [0.29, 0.717) is 30.5 Å². The first-order valence-electron chi connectivity index (χ1n) is 9.66. The van der Waals surface area contributed by atoms with Crippen molar-refractivity contribution in [1.29, 1.82) is 0 Å². The van der Waals surface area contributed by atoms with E-state index in [0.717, 1.165) is 28.7 Å². The minimum Gasteiger partial charge on any atom is -0.368 e. The van der Waals surface area contributed by atoms with Crippen LogP contribution in [0, 0.1) is 0 Å². The summed E-state index contributed by atoms with van der Waals surface area (Å²) in [5.41, 5.74) is 8.83. The fourth-order valence-corrected chi connectivity index (χ4v) is 3.31. The smallest absolute Gasteiger partial charge is 0.219 e. The molecule has 1 aliphatic heterocycles. The van der Waals surface area contributed by atoms with Gasteiger partial charge in [0, 0.05) is 42.5 Å². The van der Waals surface area contributed by atoms with Crippen molar-refractivity contribution in [3.8, 4) is 11.3 Å². The zero-order chi connectivity index (χ0) is 20.3. The zero-order valence-corrected chi connectivity index (χ0v) is 16.1. The van der Waals surface area contributed by atoms with Crippen LogP contribution in [0.4, 0.5) is 17.5 Å². The number of hydrogen-bond donors (Lipinski definition) is 3. The number of morpholine rings is 1. The van der Waals surface area contributed by atoms with Crippen LogP contribution in [0.1, 0.15) is 11.9 Å². The van der Waals surface area contributed by atoms with Gasteiger partial charge < -0.3 is 21.1 Å². The number of pyridine rings is 1. The van der Waals surface area contributed by atoms with Crippen molar-refractivity contribution in [1.82, 2.24) is 30.2 Å². The van der Waals surface area contributed by atoms with Crippen molar-refractivity contribution >= 4 is 28.4 Å². The fourth-order valence-electron chi connectivity index (χ4n) is 3.31. The van der Waals surface area contributed by atoms with E-state index in [4.69, 9.17) is 20.4 Å². The number of rotatable bonds is 4. The number of ether oxygens (including phenoxy) is 1. The van der Waals surface area contributed by atoms with Crippen LogP contribution >= 0.6 is 0 Å². The van der Waals surface area contributed by atoms with Gasteiger partial charge in [-0.3, -0.25) is 4.98 Å². The highest BCUT2D eigenvalue weighted by atomic mass is 16.5. The number of fused-ring (bicyclic) bond motifs is 1. The number of benzene rings is 1. The quantitative estimate of drug-likeness (QED) is 0.474. The molecule has 1 saturated heterocycles. The molecule has 0 bridgehead atoms. The minimum atomic E-state index is -0.233. The maximum Gasteiger partial charge on any atom is 0.219 e. The summed E-state index contributed by atoms with van der Waals surface area (Å²) in [6, 6.07) is 11.9. The second-order valence-electron chi connectivity index (χ2n) is 6.93. The van der Waals surface area contributed by atoms with E-state index >= 15 is 0 Å². The van der Waals surface area contributed by atoms with Gasteiger partial charge in [-0.25, -0.2) is 19.9 Å². The van der Waals surface area contributed by atoms with Crippen molar-refractivity contribution in [3.63, 3.8) is 0 Å². The Morgan fingerprint density at radius 1 is 1.03 bits per heavy atom. The van der Waals surface area contributed by atoms with Crippen molar-refractivity contribution in [3.05, 3.63) is 60.8 Å². The highest BCUT2D eigenvalue weighted by Gasteiger charge is 2.20. The van der Waals surface area contributed by atoms with E-state index in [1.807, 2.05) is 36.4 Å². The third-order valence-corrected chi connectivity index (χ3v) is 4.79. The van der Waals surface area contributed by atoms with Gasteiger partial charge in [-0.1, -0.05) is 18.2 Å². The van der Waals surface area contributed by atoms with Crippen LogP contribution in [0.3, 0.4) is 0 Å². The Balaban J connectivity index is 1.53. The summed E-state index contributed by atoms with van der Waals surface area (Å²) < 4.78 is 5.86. The SMILES string of the molecule is Nc1ncc(-c2cc(Nc3cnc4ccccc4c3)nc(C3CNCCO3)n2)cn1. The minimum absolute atomic E-state index is 0.216. The lowest BCUT2D eigenvalue weighted by molar-refractivity contribution is 0.0223. The lowest BCUT2D eigenvalue weighted by Gasteiger charge is -2.23. The van der Waals surface area contributed by atoms with E-state index in [1.54, 1.807) is 18.6 Å². The summed E-state index contributed by atoms with van der Waals surface area (Å²) in [6.07, 6.45) is 4.85. The van der Waals surface area contributed by atoms with Gasteiger partial charge in [0.25, 0.3) is 0 Å². The van der Waals surface area contributed by atoms with E-state index in [-0.39, 0.29) is 12.1 Å². The molecule has 9 heteroatoms. The maximum absolute atomic E-state index is 5.86. The predicted molar refractivity (Wildman–Crippen MR) is 114 cm³/mol. The number of anilines is 3. The molecule has 1 unspecified atom stereocenters. The highest BCUT2D eigenvalue weighted by Crippen LogP contribution is 2.26. The monoisotopic (exact) mass is 400 g/mol. The van der Waals surface area contributed by atoms with Crippen molar-refractivity contribution in [2.24, 2.45) is 0 Å². The Morgan fingerprint density at radius 2 is 1.90 bits per heavy atom. The van der Waals surface area contributed by atoms with Crippen LogP contribution in [0.2, 0.25) is 0 Å². The number of nitrogen functional groups attached to an aromatic ring is 1. The largest absolute Gasteiger partial charge is 0.368 e. The first-order chi connectivity index (χ1) is 14.7. The number of nitrogens with zero attached hydrogens (tertiary/aromatic N) is 5. The van der Waals surface area contributed by atoms with Gasteiger partial charge in [-0.15, -0.1) is 0 Å². The average molecular weight is 400 g/mol. The maximum atomic E-state index is 5.86. The summed E-state index contributed by atoms with van der Waals surface area (Å²) in [5, 5.41) is 7.70. The molecule has 4 aromatic rings. The molecule has 1 fully saturated rings. The molecule has 150 valence electrons.